The molecule has 0 bridgehead atoms. The summed E-state index contributed by atoms with van der Waals surface area (Å²) in [6.07, 6.45) is -4.25. The molecular weight excluding hydrogens is 506 g/mol. The second kappa shape index (κ2) is 11.1. The summed E-state index contributed by atoms with van der Waals surface area (Å²) in [6.45, 7) is 6.12. The first kappa shape index (κ1) is 28.5. The molecule has 0 fully saturated rings. The summed E-state index contributed by atoms with van der Waals surface area (Å²) in [6, 6.07) is 11.7. The van der Waals surface area contributed by atoms with E-state index in [-0.39, 0.29) is 29.8 Å². The van der Waals surface area contributed by atoms with E-state index in [0.29, 0.717) is 22.6 Å². The number of aryl methyl sites for hydroxylation is 2. The molecule has 0 saturated heterocycles. The van der Waals surface area contributed by atoms with Crippen LogP contribution in [-0.2, 0) is 17.4 Å². The normalized spacial score (nSPS) is 11.7. The Kier molecular flexibility index (Phi) is 8.34. The van der Waals surface area contributed by atoms with Crippen LogP contribution in [0, 0.1) is 19.7 Å². The molecule has 3 aromatic rings. The Morgan fingerprint density at radius 3 is 2.24 bits per heavy atom. The number of ether oxygens (including phenoxy) is 2. The average molecular weight is 534 g/mol. The van der Waals surface area contributed by atoms with Gasteiger partial charge in [0.05, 0.1) is 5.56 Å². The van der Waals surface area contributed by atoms with Crippen molar-refractivity contribution in [3.8, 4) is 17.2 Å². The highest BCUT2D eigenvalue weighted by Gasteiger charge is 2.31. The van der Waals surface area contributed by atoms with Crippen molar-refractivity contribution in [1.82, 2.24) is 5.32 Å². The van der Waals surface area contributed by atoms with E-state index in [4.69, 9.17) is 9.47 Å². The Morgan fingerprint density at radius 2 is 1.63 bits per heavy atom. The highest BCUT2D eigenvalue weighted by atomic mass is 19.4. The van der Waals surface area contributed by atoms with Gasteiger partial charge in [0.25, 0.3) is 5.91 Å². The molecule has 3 aromatic carbocycles. The van der Waals surface area contributed by atoms with Crippen molar-refractivity contribution in [2.24, 2.45) is 0 Å². The minimum absolute atomic E-state index is 0.118. The monoisotopic (exact) mass is 533 g/mol. The van der Waals surface area contributed by atoms with Gasteiger partial charge in [-0.1, -0.05) is 0 Å². The molecule has 0 atom stereocenters. The summed E-state index contributed by atoms with van der Waals surface area (Å²) in [4.78, 5) is 23.7. The van der Waals surface area contributed by atoms with E-state index in [1.165, 1.54) is 32.9 Å². The molecule has 6 nitrogen and oxygen atoms in total. The molecule has 0 aromatic heterocycles. The van der Waals surface area contributed by atoms with E-state index in [0.717, 1.165) is 18.2 Å². The zero-order valence-electron chi connectivity index (χ0n) is 21.2. The van der Waals surface area contributed by atoms with E-state index < -0.39 is 35.0 Å². The first-order valence-corrected chi connectivity index (χ1v) is 11.6. The Bertz CT molecular complexity index is 1350. The number of carboxylic acids is 1. The van der Waals surface area contributed by atoms with Crippen LogP contribution in [0.2, 0.25) is 0 Å². The predicted molar refractivity (Wildman–Crippen MR) is 132 cm³/mol. The van der Waals surface area contributed by atoms with Crippen LogP contribution in [0.1, 0.15) is 46.5 Å². The second-order valence-electron chi connectivity index (χ2n) is 9.28. The molecule has 0 heterocycles. The number of hydrogen-bond donors (Lipinski definition) is 2. The van der Waals surface area contributed by atoms with Crippen LogP contribution in [0.5, 0.6) is 17.2 Å². The maximum Gasteiger partial charge on any atom is 0.416 e. The summed E-state index contributed by atoms with van der Waals surface area (Å²) >= 11 is 0. The van der Waals surface area contributed by atoms with Gasteiger partial charge in [0.2, 0.25) is 0 Å². The number of hydrogen-bond acceptors (Lipinski definition) is 4. The molecule has 38 heavy (non-hydrogen) atoms. The van der Waals surface area contributed by atoms with Gasteiger partial charge in [-0.3, -0.25) is 4.79 Å². The average Bonchev–Trinajstić information content (AvgIpc) is 2.79. The molecule has 0 unspecified atom stereocenters. The van der Waals surface area contributed by atoms with Gasteiger partial charge < -0.3 is 19.9 Å². The molecule has 0 aliphatic rings. The van der Waals surface area contributed by atoms with Crippen molar-refractivity contribution in [3.63, 3.8) is 0 Å². The number of rotatable bonds is 9. The van der Waals surface area contributed by atoms with Crippen LogP contribution >= 0.6 is 0 Å². The zero-order valence-corrected chi connectivity index (χ0v) is 21.2. The molecule has 3 rings (SSSR count). The SMILES string of the molecule is Cc1cc(Oc2cc(F)cc(CCNC(=O)c3ccc(C(F)(F)F)cc3C)c2)ccc1OC(C)(C)C(=O)O. The number of carbonyl (C=O) groups is 2. The number of nitrogens with one attached hydrogen (secondary N) is 1. The first-order valence-electron chi connectivity index (χ1n) is 11.6. The third-order valence-corrected chi connectivity index (χ3v) is 5.69. The van der Waals surface area contributed by atoms with Crippen LogP contribution in [-0.4, -0.2) is 29.1 Å². The van der Waals surface area contributed by atoms with E-state index >= 15 is 0 Å². The van der Waals surface area contributed by atoms with E-state index in [1.54, 1.807) is 31.2 Å². The topological polar surface area (TPSA) is 84.9 Å². The summed E-state index contributed by atoms with van der Waals surface area (Å²) in [5, 5.41) is 11.9. The highest BCUT2D eigenvalue weighted by molar-refractivity contribution is 5.95. The van der Waals surface area contributed by atoms with Gasteiger partial charge in [-0.2, -0.15) is 13.2 Å². The van der Waals surface area contributed by atoms with Crippen LogP contribution in [0.15, 0.2) is 54.6 Å². The molecule has 0 aliphatic heterocycles. The van der Waals surface area contributed by atoms with Gasteiger partial charge >= 0.3 is 12.1 Å². The van der Waals surface area contributed by atoms with Crippen molar-refractivity contribution in [2.45, 2.75) is 45.9 Å². The number of alkyl halides is 3. The van der Waals surface area contributed by atoms with E-state index in [2.05, 4.69) is 5.32 Å². The second-order valence-corrected chi connectivity index (χ2v) is 9.28. The lowest BCUT2D eigenvalue weighted by atomic mass is 10.0. The lowest BCUT2D eigenvalue weighted by Gasteiger charge is -2.23. The minimum Gasteiger partial charge on any atom is -0.478 e. The van der Waals surface area contributed by atoms with Crippen molar-refractivity contribution in [1.29, 1.82) is 0 Å². The Labute approximate surface area is 217 Å². The maximum absolute atomic E-state index is 14.2. The van der Waals surface area contributed by atoms with Crippen molar-refractivity contribution < 1.29 is 41.7 Å². The molecule has 10 heteroatoms. The fourth-order valence-corrected chi connectivity index (χ4v) is 3.59. The van der Waals surface area contributed by atoms with Gasteiger partial charge in [-0.25, -0.2) is 9.18 Å². The Balaban J connectivity index is 1.64. The minimum atomic E-state index is -4.50. The molecule has 0 radical (unpaired) electrons. The maximum atomic E-state index is 14.2. The standard InChI is InChI=1S/C28H27F4NO5/c1-16-11-19(28(30,31)32)5-7-23(16)25(34)33-10-9-18-13-20(29)15-22(14-18)37-21-6-8-24(17(2)12-21)38-27(3,4)26(35)36/h5-8,11-15H,9-10H2,1-4H3,(H,33,34)(H,35,36). The van der Waals surface area contributed by atoms with Gasteiger partial charge in [-0.15, -0.1) is 0 Å². The third kappa shape index (κ3) is 7.24. The van der Waals surface area contributed by atoms with Crippen LogP contribution in [0.3, 0.4) is 0 Å². The van der Waals surface area contributed by atoms with Crippen LogP contribution in [0.25, 0.3) is 0 Å². The van der Waals surface area contributed by atoms with Crippen molar-refractivity contribution >= 4 is 11.9 Å². The molecule has 0 aliphatic carbocycles. The smallest absolute Gasteiger partial charge is 0.416 e. The molecule has 202 valence electrons. The quantitative estimate of drug-likeness (QED) is 0.308. The third-order valence-electron chi connectivity index (χ3n) is 5.69. The fourth-order valence-electron chi connectivity index (χ4n) is 3.59. The lowest BCUT2D eigenvalue weighted by Crippen LogP contribution is -2.38. The summed E-state index contributed by atoms with van der Waals surface area (Å²) in [5.74, 6) is -1.25. The zero-order chi connectivity index (χ0) is 28.3. The van der Waals surface area contributed by atoms with E-state index in [9.17, 15) is 32.3 Å². The van der Waals surface area contributed by atoms with Gasteiger partial charge in [-0.05, 0) is 99.3 Å². The molecule has 0 spiro atoms. The van der Waals surface area contributed by atoms with Gasteiger partial charge in [0, 0.05) is 18.2 Å². The van der Waals surface area contributed by atoms with Crippen molar-refractivity contribution in [3.05, 3.63) is 88.2 Å². The summed E-state index contributed by atoms with van der Waals surface area (Å²) < 4.78 is 64.1. The largest absolute Gasteiger partial charge is 0.478 e. The van der Waals surface area contributed by atoms with Crippen LogP contribution in [0.4, 0.5) is 17.6 Å². The first-order chi connectivity index (χ1) is 17.7. The highest BCUT2D eigenvalue weighted by Crippen LogP contribution is 2.31. The number of halogens is 4. The molecule has 1 amide bonds. The molecule has 2 N–H and O–H groups in total. The Hall–Kier alpha value is -4.08. The number of aliphatic carboxylic acids is 1. The van der Waals surface area contributed by atoms with Crippen LogP contribution < -0.4 is 14.8 Å². The molecule has 0 saturated carbocycles. The summed E-state index contributed by atoms with van der Waals surface area (Å²) in [7, 11) is 0. The number of carbonyl (C=O) groups excluding carboxylic acids is 1. The van der Waals surface area contributed by atoms with Gasteiger partial charge in [0.1, 0.15) is 23.1 Å². The summed E-state index contributed by atoms with van der Waals surface area (Å²) in [5.41, 5.74) is -0.794. The van der Waals surface area contributed by atoms with Crippen molar-refractivity contribution in [2.75, 3.05) is 6.54 Å². The lowest BCUT2D eigenvalue weighted by molar-refractivity contribution is -0.152. The fraction of sp³-hybridized carbons (Fsp3) is 0.286. The number of carboxylic acid groups (broad SMARTS) is 1. The molecular formula is C28H27F4NO5. The number of amides is 1. The Morgan fingerprint density at radius 1 is 0.921 bits per heavy atom. The van der Waals surface area contributed by atoms with Gasteiger partial charge in [0.15, 0.2) is 5.60 Å². The van der Waals surface area contributed by atoms with E-state index in [1.807, 2.05) is 0 Å². The predicted octanol–water partition coefficient (Wildman–Crippen LogP) is 6.47. The number of benzene rings is 3.